The molecule has 0 fully saturated rings. The van der Waals surface area contributed by atoms with Gasteiger partial charge in [-0.2, -0.15) is 0 Å². The van der Waals surface area contributed by atoms with Crippen molar-refractivity contribution in [2.45, 2.75) is 20.0 Å². The summed E-state index contributed by atoms with van der Waals surface area (Å²) in [5, 5.41) is 2.03. The van der Waals surface area contributed by atoms with Crippen LogP contribution in [-0.2, 0) is 19.1 Å². The lowest BCUT2D eigenvalue weighted by Gasteiger charge is -2.18. The van der Waals surface area contributed by atoms with E-state index in [-0.39, 0.29) is 13.2 Å². The molecule has 0 bridgehead atoms. The van der Waals surface area contributed by atoms with Crippen molar-refractivity contribution < 1.29 is 23.8 Å². The smallest absolute Gasteiger partial charge is 0.303 e. The normalized spacial score (nSPS) is 11.7. The summed E-state index contributed by atoms with van der Waals surface area (Å²) < 4.78 is 15.7. The molecule has 5 nitrogen and oxygen atoms in total. The Hall–Kier alpha value is -2.56. The summed E-state index contributed by atoms with van der Waals surface area (Å²) in [7, 11) is 0. The van der Waals surface area contributed by atoms with E-state index >= 15 is 0 Å². The number of rotatable bonds is 6. The second-order valence-corrected chi connectivity index (χ2v) is 4.82. The lowest BCUT2D eigenvalue weighted by atomic mass is 10.1. The number of fused-ring (bicyclic) bond motifs is 1. The minimum atomic E-state index is -0.639. The maximum Gasteiger partial charge on any atom is 0.303 e. The number of hydrogen-bond donors (Lipinski definition) is 0. The van der Waals surface area contributed by atoms with Crippen LogP contribution < -0.4 is 4.74 Å². The lowest BCUT2D eigenvalue weighted by molar-refractivity contribution is -0.158. The molecule has 0 heterocycles. The van der Waals surface area contributed by atoms with Gasteiger partial charge in [-0.15, -0.1) is 0 Å². The highest BCUT2D eigenvalue weighted by Crippen LogP contribution is 2.25. The van der Waals surface area contributed by atoms with E-state index in [1.807, 2.05) is 42.5 Å². The predicted molar refractivity (Wildman–Crippen MR) is 81.6 cm³/mol. The van der Waals surface area contributed by atoms with Crippen molar-refractivity contribution in [1.29, 1.82) is 0 Å². The third-order valence-corrected chi connectivity index (χ3v) is 2.98. The van der Waals surface area contributed by atoms with Crippen LogP contribution in [0.2, 0.25) is 0 Å². The highest BCUT2D eigenvalue weighted by Gasteiger charge is 2.15. The van der Waals surface area contributed by atoms with E-state index in [1.54, 1.807) is 0 Å². The molecule has 0 saturated heterocycles. The van der Waals surface area contributed by atoms with Gasteiger partial charge in [-0.1, -0.05) is 36.4 Å². The molecule has 116 valence electrons. The van der Waals surface area contributed by atoms with Gasteiger partial charge in [-0.25, -0.2) is 0 Å². The lowest BCUT2D eigenvalue weighted by Crippen LogP contribution is -2.29. The minimum absolute atomic E-state index is 0.0281. The molecule has 1 atom stereocenters. The fraction of sp³-hybridized carbons (Fsp3) is 0.294. The van der Waals surface area contributed by atoms with Crippen LogP contribution in [0.5, 0.6) is 5.75 Å². The van der Waals surface area contributed by atoms with Gasteiger partial charge >= 0.3 is 11.9 Å². The van der Waals surface area contributed by atoms with Crippen molar-refractivity contribution in [2.24, 2.45) is 0 Å². The maximum atomic E-state index is 11.1. The zero-order valence-corrected chi connectivity index (χ0v) is 12.6. The molecular weight excluding hydrogens is 284 g/mol. The fourth-order valence-electron chi connectivity index (χ4n) is 2.07. The molecule has 22 heavy (non-hydrogen) atoms. The van der Waals surface area contributed by atoms with E-state index in [1.165, 1.54) is 13.8 Å². The molecule has 0 amide bonds. The Bertz CT molecular complexity index is 660. The largest absolute Gasteiger partial charge is 0.489 e. The molecule has 2 rings (SSSR count). The SMILES string of the molecule is CC(=O)OC[C@H](COc1cccc2ccccc12)OC(C)=O. The first-order valence-electron chi connectivity index (χ1n) is 6.97. The van der Waals surface area contributed by atoms with Crippen molar-refractivity contribution in [2.75, 3.05) is 13.2 Å². The Morgan fingerprint density at radius 3 is 2.41 bits per heavy atom. The highest BCUT2D eigenvalue weighted by atomic mass is 16.6. The van der Waals surface area contributed by atoms with E-state index in [0.717, 1.165) is 10.8 Å². The first-order chi connectivity index (χ1) is 10.6. The maximum absolute atomic E-state index is 11.1. The Balaban J connectivity index is 2.06. The fourth-order valence-corrected chi connectivity index (χ4v) is 2.07. The van der Waals surface area contributed by atoms with Crippen LogP contribution in [0.1, 0.15) is 13.8 Å². The number of carbonyl (C=O) groups is 2. The Kier molecular flexibility index (Phi) is 5.36. The second kappa shape index (κ2) is 7.45. The number of carbonyl (C=O) groups excluding carboxylic acids is 2. The number of esters is 2. The molecule has 0 saturated carbocycles. The summed E-state index contributed by atoms with van der Waals surface area (Å²) in [4.78, 5) is 22.0. The van der Waals surface area contributed by atoms with Crippen molar-refractivity contribution in [3.05, 3.63) is 42.5 Å². The molecule has 0 aliphatic rings. The van der Waals surface area contributed by atoms with Crippen LogP contribution in [0.15, 0.2) is 42.5 Å². The Morgan fingerprint density at radius 1 is 0.955 bits per heavy atom. The molecule has 0 radical (unpaired) electrons. The summed E-state index contributed by atoms with van der Waals surface area (Å²) in [6.45, 7) is 2.69. The zero-order valence-electron chi connectivity index (χ0n) is 12.6. The second-order valence-electron chi connectivity index (χ2n) is 4.82. The Labute approximate surface area is 128 Å². The number of ether oxygens (including phenoxy) is 3. The Morgan fingerprint density at radius 2 is 1.68 bits per heavy atom. The molecule has 5 heteroatoms. The summed E-state index contributed by atoms with van der Waals surface area (Å²) in [6, 6.07) is 13.6. The molecule has 2 aromatic carbocycles. The molecule has 0 N–H and O–H groups in total. The van der Waals surface area contributed by atoms with Crippen LogP contribution >= 0.6 is 0 Å². The van der Waals surface area contributed by atoms with Crippen molar-refractivity contribution in [1.82, 2.24) is 0 Å². The van der Waals surface area contributed by atoms with Crippen molar-refractivity contribution in [3.63, 3.8) is 0 Å². The van der Waals surface area contributed by atoms with Crippen molar-refractivity contribution >= 4 is 22.7 Å². The summed E-state index contributed by atoms with van der Waals surface area (Å²) in [5.41, 5.74) is 0. The number of benzene rings is 2. The third-order valence-electron chi connectivity index (χ3n) is 2.98. The minimum Gasteiger partial charge on any atom is -0.489 e. The monoisotopic (exact) mass is 302 g/mol. The standard InChI is InChI=1S/C17H18O5/c1-12(18)20-10-15(22-13(2)19)11-21-17-9-5-7-14-6-3-4-8-16(14)17/h3-9,15H,10-11H2,1-2H3/t15-/m1/s1. The van der Waals surface area contributed by atoms with Gasteiger partial charge < -0.3 is 14.2 Å². The van der Waals surface area contributed by atoms with E-state index in [4.69, 9.17) is 14.2 Å². The molecule has 2 aromatic rings. The van der Waals surface area contributed by atoms with E-state index in [2.05, 4.69) is 0 Å². The summed E-state index contributed by atoms with van der Waals surface area (Å²) in [6.07, 6.45) is -0.639. The molecule has 0 aliphatic carbocycles. The van der Waals surface area contributed by atoms with E-state index in [9.17, 15) is 9.59 Å². The molecule has 0 aromatic heterocycles. The van der Waals surface area contributed by atoms with Gasteiger partial charge in [0.15, 0.2) is 6.10 Å². The van der Waals surface area contributed by atoms with Gasteiger partial charge in [0.25, 0.3) is 0 Å². The van der Waals surface area contributed by atoms with Crippen LogP contribution in [0.25, 0.3) is 10.8 Å². The van der Waals surface area contributed by atoms with Gasteiger partial charge in [0, 0.05) is 19.2 Å². The molecule has 0 spiro atoms. The van der Waals surface area contributed by atoms with Gasteiger partial charge in [0.05, 0.1) is 0 Å². The van der Waals surface area contributed by atoms with E-state index in [0.29, 0.717) is 5.75 Å². The van der Waals surface area contributed by atoms with Crippen LogP contribution in [0, 0.1) is 0 Å². The first-order valence-corrected chi connectivity index (χ1v) is 6.97. The van der Waals surface area contributed by atoms with Crippen LogP contribution in [0.4, 0.5) is 0 Å². The van der Waals surface area contributed by atoms with Crippen LogP contribution in [-0.4, -0.2) is 31.3 Å². The molecular formula is C17H18O5. The van der Waals surface area contributed by atoms with E-state index < -0.39 is 18.0 Å². The molecule has 0 aliphatic heterocycles. The average molecular weight is 302 g/mol. The average Bonchev–Trinajstić information content (AvgIpc) is 2.49. The topological polar surface area (TPSA) is 61.8 Å². The first kappa shape index (κ1) is 15.8. The zero-order chi connectivity index (χ0) is 15.9. The quantitative estimate of drug-likeness (QED) is 0.768. The van der Waals surface area contributed by atoms with Gasteiger partial charge in [-0.05, 0) is 11.5 Å². The third kappa shape index (κ3) is 4.48. The summed E-state index contributed by atoms with van der Waals surface area (Å²) >= 11 is 0. The number of hydrogen-bond acceptors (Lipinski definition) is 5. The predicted octanol–water partition coefficient (Wildman–Crippen LogP) is 2.71. The van der Waals surface area contributed by atoms with Gasteiger partial charge in [0.1, 0.15) is 19.0 Å². The van der Waals surface area contributed by atoms with Gasteiger partial charge in [0.2, 0.25) is 0 Å². The van der Waals surface area contributed by atoms with Crippen LogP contribution in [0.3, 0.4) is 0 Å². The van der Waals surface area contributed by atoms with Crippen molar-refractivity contribution in [3.8, 4) is 5.75 Å². The summed E-state index contributed by atoms with van der Waals surface area (Å²) in [5.74, 6) is -0.181. The highest BCUT2D eigenvalue weighted by molar-refractivity contribution is 5.88. The molecule has 0 unspecified atom stereocenters. The van der Waals surface area contributed by atoms with Gasteiger partial charge in [-0.3, -0.25) is 9.59 Å².